The van der Waals surface area contributed by atoms with Crippen molar-refractivity contribution in [3.05, 3.63) is 47.0 Å². The summed E-state index contributed by atoms with van der Waals surface area (Å²) in [5.41, 5.74) is 5.42. The molecule has 0 aliphatic heterocycles. The second kappa shape index (κ2) is 6.90. The summed E-state index contributed by atoms with van der Waals surface area (Å²) >= 11 is 0. The number of carbonyl (C=O) groups excluding carboxylic acids is 1. The molecule has 2 nitrogen and oxygen atoms in total. The molecule has 0 spiro atoms. The lowest BCUT2D eigenvalue weighted by Gasteiger charge is -2.44. The molecule has 1 aromatic rings. The van der Waals surface area contributed by atoms with Crippen molar-refractivity contribution in [2.45, 2.75) is 64.7 Å². The number of rotatable bonds is 5. The zero-order valence-electron chi connectivity index (χ0n) is 15.2. The Balaban J connectivity index is 2.42. The minimum atomic E-state index is -0.127. The topological polar surface area (TPSA) is 26.3 Å². The van der Waals surface area contributed by atoms with Gasteiger partial charge in [-0.05, 0) is 60.1 Å². The molecular weight excluding hydrogens is 284 g/mol. The molecular formula is C21H30O2. The van der Waals surface area contributed by atoms with E-state index in [1.807, 2.05) is 0 Å². The molecule has 0 saturated heterocycles. The Hall–Kier alpha value is -1.57. The number of benzene rings is 1. The molecule has 2 rings (SSSR count). The number of esters is 1. The van der Waals surface area contributed by atoms with E-state index in [2.05, 4.69) is 52.5 Å². The first-order valence-corrected chi connectivity index (χ1v) is 8.65. The molecule has 0 amide bonds. The van der Waals surface area contributed by atoms with Gasteiger partial charge in [-0.25, -0.2) is 0 Å². The number of aryl methyl sites for hydroxylation is 1. The van der Waals surface area contributed by atoms with Crippen LogP contribution in [-0.2, 0) is 21.4 Å². The fourth-order valence-corrected chi connectivity index (χ4v) is 4.11. The van der Waals surface area contributed by atoms with Crippen molar-refractivity contribution in [1.29, 1.82) is 0 Å². The van der Waals surface area contributed by atoms with E-state index in [4.69, 9.17) is 4.74 Å². The summed E-state index contributed by atoms with van der Waals surface area (Å²) in [6.45, 7) is 13.1. The molecule has 1 aliphatic rings. The predicted octanol–water partition coefficient (Wildman–Crippen LogP) is 5.16. The van der Waals surface area contributed by atoms with Gasteiger partial charge in [-0.15, -0.1) is 0 Å². The maximum Gasteiger partial charge on any atom is 0.305 e. The summed E-state index contributed by atoms with van der Waals surface area (Å²) in [5.74, 6) is 0.836. The van der Waals surface area contributed by atoms with Gasteiger partial charge in [0.05, 0.1) is 7.11 Å². The van der Waals surface area contributed by atoms with Crippen LogP contribution in [0.15, 0.2) is 30.4 Å². The van der Waals surface area contributed by atoms with E-state index in [0.29, 0.717) is 18.3 Å². The van der Waals surface area contributed by atoms with Crippen molar-refractivity contribution in [3.8, 4) is 0 Å². The van der Waals surface area contributed by atoms with Gasteiger partial charge in [-0.1, -0.05) is 51.1 Å². The van der Waals surface area contributed by atoms with Crippen molar-refractivity contribution in [2.75, 3.05) is 7.11 Å². The van der Waals surface area contributed by atoms with Crippen LogP contribution < -0.4 is 0 Å². The van der Waals surface area contributed by atoms with E-state index in [9.17, 15) is 4.79 Å². The highest BCUT2D eigenvalue weighted by Gasteiger charge is 2.40. The van der Waals surface area contributed by atoms with Crippen LogP contribution in [0.25, 0.3) is 0 Å². The number of fused-ring (bicyclic) bond motifs is 1. The van der Waals surface area contributed by atoms with Crippen LogP contribution in [0.1, 0.15) is 69.6 Å². The maximum atomic E-state index is 11.7. The number of methoxy groups -OCH3 is 1. The molecule has 2 heteroatoms. The number of hydrogen-bond acceptors (Lipinski definition) is 2. The number of carbonyl (C=O) groups is 1. The molecule has 2 atom stereocenters. The Morgan fingerprint density at radius 2 is 2.13 bits per heavy atom. The second-order valence-electron chi connectivity index (χ2n) is 7.50. The second-order valence-corrected chi connectivity index (χ2v) is 7.50. The monoisotopic (exact) mass is 314 g/mol. The Kier molecular flexibility index (Phi) is 5.33. The van der Waals surface area contributed by atoms with Crippen LogP contribution in [0, 0.1) is 5.92 Å². The van der Waals surface area contributed by atoms with Gasteiger partial charge in [0.1, 0.15) is 0 Å². The highest BCUT2D eigenvalue weighted by Crippen LogP contribution is 2.47. The van der Waals surface area contributed by atoms with E-state index in [0.717, 1.165) is 19.3 Å². The fraction of sp³-hybridized carbons (Fsp3) is 0.571. The predicted molar refractivity (Wildman–Crippen MR) is 95.8 cm³/mol. The zero-order valence-corrected chi connectivity index (χ0v) is 15.2. The summed E-state index contributed by atoms with van der Waals surface area (Å²) in [7, 11) is 1.46. The molecule has 1 aromatic carbocycles. The van der Waals surface area contributed by atoms with Gasteiger partial charge in [0.2, 0.25) is 0 Å². The SMILES string of the molecule is C=C(C)[C@@H]1CCc2cc(C(C)C)ccc2[C@@]1(C)CCC(=O)OC. The lowest BCUT2D eigenvalue weighted by Crippen LogP contribution is -2.38. The van der Waals surface area contributed by atoms with E-state index < -0.39 is 0 Å². The Labute approximate surface area is 140 Å². The summed E-state index contributed by atoms with van der Waals surface area (Å²) in [4.78, 5) is 11.7. The molecule has 1 aliphatic carbocycles. The maximum absolute atomic E-state index is 11.7. The molecule has 0 aromatic heterocycles. The van der Waals surface area contributed by atoms with Gasteiger partial charge in [0.25, 0.3) is 0 Å². The minimum Gasteiger partial charge on any atom is -0.469 e. The van der Waals surface area contributed by atoms with Crippen LogP contribution >= 0.6 is 0 Å². The molecule has 0 unspecified atom stereocenters. The van der Waals surface area contributed by atoms with Gasteiger partial charge >= 0.3 is 5.97 Å². The van der Waals surface area contributed by atoms with Crippen LogP contribution in [-0.4, -0.2) is 13.1 Å². The quantitative estimate of drug-likeness (QED) is 0.554. The van der Waals surface area contributed by atoms with E-state index in [-0.39, 0.29) is 11.4 Å². The van der Waals surface area contributed by atoms with Crippen LogP contribution in [0.3, 0.4) is 0 Å². The summed E-state index contributed by atoms with van der Waals surface area (Å²) in [5, 5.41) is 0. The molecule has 0 radical (unpaired) electrons. The Morgan fingerprint density at radius 3 is 2.70 bits per heavy atom. The standard InChI is InChI=1S/C21H30O2/c1-14(2)16-7-10-19-17(13-16)8-9-18(15(3)4)21(19,5)12-11-20(22)23-6/h7,10,13-14,18H,3,8-9,11-12H2,1-2,4-6H3/t18-,21-/m0/s1. The average Bonchev–Trinajstić information content (AvgIpc) is 2.52. The van der Waals surface area contributed by atoms with Crippen LogP contribution in [0.4, 0.5) is 0 Å². The first-order chi connectivity index (χ1) is 10.8. The van der Waals surface area contributed by atoms with Crippen molar-refractivity contribution in [2.24, 2.45) is 5.92 Å². The number of hydrogen-bond donors (Lipinski definition) is 0. The molecule has 0 bridgehead atoms. The fourth-order valence-electron chi connectivity index (χ4n) is 4.11. The smallest absolute Gasteiger partial charge is 0.305 e. The van der Waals surface area contributed by atoms with Crippen molar-refractivity contribution in [3.63, 3.8) is 0 Å². The Bertz CT molecular complexity index is 600. The van der Waals surface area contributed by atoms with Gasteiger partial charge < -0.3 is 4.74 Å². The third kappa shape index (κ3) is 3.52. The van der Waals surface area contributed by atoms with Gasteiger partial charge in [0.15, 0.2) is 0 Å². The highest BCUT2D eigenvalue weighted by molar-refractivity contribution is 5.69. The average molecular weight is 314 g/mol. The molecule has 23 heavy (non-hydrogen) atoms. The van der Waals surface area contributed by atoms with Gasteiger partial charge in [0, 0.05) is 6.42 Å². The summed E-state index contributed by atoms with van der Waals surface area (Å²) < 4.78 is 4.86. The van der Waals surface area contributed by atoms with Crippen molar-refractivity contribution in [1.82, 2.24) is 0 Å². The van der Waals surface area contributed by atoms with E-state index in [1.54, 1.807) is 0 Å². The number of ether oxygens (including phenoxy) is 1. The molecule has 0 fully saturated rings. The Morgan fingerprint density at radius 1 is 1.43 bits per heavy atom. The zero-order chi connectivity index (χ0) is 17.2. The normalized spacial score (nSPS) is 23.5. The van der Waals surface area contributed by atoms with Crippen LogP contribution in [0.5, 0.6) is 0 Å². The van der Waals surface area contributed by atoms with Crippen molar-refractivity contribution >= 4 is 5.97 Å². The molecule has 126 valence electrons. The summed E-state index contributed by atoms with van der Waals surface area (Å²) in [6, 6.07) is 6.91. The number of allylic oxidation sites excluding steroid dienone is 1. The molecule has 0 saturated carbocycles. The third-order valence-corrected chi connectivity index (χ3v) is 5.55. The van der Waals surface area contributed by atoms with Crippen LogP contribution in [0.2, 0.25) is 0 Å². The summed E-state index contributed by atoms with van der Waals surface area (Å²) in [6.07, 6.45) is 3.48. The van der Waals surface area contributed by atoms with Crippen molar-refractivity contribution < 1.29 is 9.53 Å². The third-order valence-electron chi connectivity index (χ3n) is 5.55. The first kappa shape index (κ1) is 17.8. The van der Waals surface area contributed by atoms with E-state index >= 15 is 0 Å². The lowest BCUT2D eigenvalue weighted by atomic mass is 9.60. The largest absolute Gasteiger partial charge is 0.469 e. The lowest BCUT2D eigenvalue weighted by molar-refractivity contribution is -0.141. The highest BCUT2D eigenvalue weighted by atomic mass is 16.5. The molecule has 0 N–H and O–H groups in total. The van der Waals surface area contributed by atoms with Gasteiger partial charge in [-0.2, -0.15) is 0 Å². The van der Waals surface area contributed by atoms with E-state index in [1.165, 1.54) is 29.4 Å². The molecule has 0 heterocycles. The first-order valence-electron chi connectivity index (χ1n) is 8.65. The van der Waals surface area contributed by atoms with Gasteiger partial charge in [-0.3, -0.25) is 4.79 Å². The minimum absolute atomic E-state index is 0.0386.